The van der Waals surface area contributed by atoms with Gasteiger partial charge in [-0.2, -0.15) is 0 Å². The highest BCUT2D eigenvalue weighted by Gasteiger charge is 2.17. The number of halogens is 2. The Morgan fingerprint density at radius 2 is 2.13 bits per heavy atom. The van der Waals surface area contributed by atoms with Crippen molar-refractivity contribution in [2.24, 2.45) is 0 Å². The van der Waals surface area contributed by atoms with Crippen molar-refractivity contribution in [1.82, 2.24) is 15.3 Å². The lowest BCUT2D eigenvalue weighted by Crippen LogP contribution is -2.27. The molecule has 1 aliphatic rings. The largest absolute Gasteiger partial charge is 0.309 e. The summed E-state index contributed by atoms with van der Waals surface area (Å²) in [5.74, 6) is 0. The van der Waals surface area contributed by atoms with Gasteiger partial charge in [0.25, 0.3) is 6.43 Å². The van der Waals surface area contributed by atoms with Crippen molar-refractivity contribution in [2.75, 3.05) is 6.54 Å². The average molecular weight is 213 g/mol. The molecular formula is C10H13F2N3. The molecule has 1 saturated heterocycles. The quantitative estimate of drug-likeness (QED) is 0.818. The van der Waals surface area contributed by atoms with Crippen LogP contribution in [0, 0.1) is 0 Å². The second-order valence-corrected chi connectivity index (χ2v) is 3.67. The van der Waals surface area contributed by atoms with Crippen LogP contribution in [0.1, 0.15) is 43.1 Å². The zero-order valence-electron chi connectivity index (χ0n) is 8.29. The monoisotopic (exact) mass is 213 g/mol. The van der Waals surface area contributed by atoms with Crippen LogP contribution in [0.15, 0.2) is 12.4 Å². The Labute approximate surface area is 86.9 Å². The molecule has 0 radical (unpaired) electrons. The fourth-order valence-electron chi connectivity index (χ4n) is 1.74. The van der Waals surface area contributed by atoms with Crippen LogP contribution in [0.3, 0.4) is 0 Å². The molecule has 5 heteroatoms. The number of aromatic nitrogens is 2. The van der Waals surface area contributed by atoms with Gasteiger partial charge in [-0.05, 0) is 19.4 Å². The van der Waals surface area contributed by atoms with E-state index < -0.39 is 6.43 Å². The molecule has 2 heterocycles. The highest BCUT2D eigenvalue weighted by Crippen LogP contribution is 2.22. The van der Waals surface area contributed by atoms with Gasteiger partial charge in [0.15, 0.2) is 0 Å². The zero-order valence-corrected chi connectivity index (χ0v) is 8.29. The number of piperidine rings is 1. The van der Waals surface area contributed by atoms with E-state index in [9.17, 15) is 8.78 Å². The summed E-state index contributed by atoms with van der Waals surface area (Å²) in [6.07, 6.45) is 3.39. The lowest BCUT2D eigenvalue weighted by atomic mass is 10.0. The summed E-state index contributed by atoms with van der Waals surface area (Å²) in [6, 6.07) is 0.179. The predicted octanol–water partition coefficient (Wildman–Crippen LogP) is 2.23. The van der Waals surface area contributed by atoms with Crippen LogP contribution in [0.2, 0.25) is 0 Å². The summed E-state index contributed by atoms with van der Waals surface area (Å²) < 4.78 is 24.4. The number of nitrogens with one attached hydrogen (secondary N) is 1. The molecule has 0 aliphatic carbocycles. The second-order valence-electron chi connectivity index (χ2n) is 3.67. The van der Waals surface area contributed by atoms with Gasteiger partial charge < -0.3 is 5.32 Å². The van der Waals surface area contributed by atoms with Crippen molar-refractivity contribution in [3.8, 4) is 0 Å². The molecule has 82 valence electrons. The molecule has 0 bridgehead atoms. The molecule has 0 aromatic carbocycles. The molecule has 2 rings (SSSR count). The van der Waals surface area contributed by atoms with Gasteiger partial charge in [0.1, 0.15) is 5.69 Å². The van der Waals surface area contributed by atoms with E-state index in [-0.39, 0.29) is 11.7 Å². The van der Waals surface area contributed by atoms with E-state index in [0.29, 0.717) is 0 Å². The minimum Gasteiger partial charge on any atom is -0.309 e. The summed E-state index contributed by atoms with van der Waals surface area (Å²) in [6.45, 7) is 0.961. The van der Waals surface area contributed by atoms with Crippen LogP contribution < -0.4 is 5.32 Å². The van der Waals surface area contributed by atoms with Crippen molar-refractivity contribution in [3.05, 3.63) is 23.8 Å². The average Bonchev–Trinajstić information content (AvgIpc) is 2.30. The number of hydrogen-bond donors (Lipinski definition) is 1. The summed E-state index contributed by atoms with van der Waals surface area (Å²) in [5, 5.41) is 3.29. The smallest absolute Gasteiger partial charge is 0.281 e. The van der Waals surface area contributed by atoms with Crippen molar-refractivity contribution in [2.45, 2.75) is 31.7 Å². The highest BCUT2D eigenvalue weighted by molar-refractivity contribution is 5.08. The Bertz CT molecular complexity index is 307. The Hall–Kier alpha value is -1.10. The van der Waals surface area contributed by atoms with E-state index in [1.807, 2.05) is 0 Å². The Morgan fingerprint density at radius 1 is 1.27 bits per heavy atom. The van der Waals surface area contributed by atoms with Crippen LogP contribution in [-0.4, -0.2) is 16.5 Å². The van der Waals surface area contributed by atoms with Crippen molar-refractivity contribution in [1.29, 1.82) is 0 Å². The predicted molar refractivity (Wildman–Crippen MR) is 51.6 cm³/mol. The molecule has 1 aromatic heterocycles. The SMILES string of the molecule is FC(F)c1cnc(C2CCCCN2)cn1. The third-order valence-electron chi connectivity index (χ3n) is 2.58. The molecule has 15 heavy (non-hydrogen) atoms. The fourth-order valence-corrected chi connectivity index (χ4v) is 1.74. The van der Waals surface area contributed by atoms with Crippen LogP contribution >= 0.6 is 0 Å². The van der Waals surface area contributed by atoms with Crippen LogP contribution in [0.5, 0.6) is 0 Å². The maximum Gasteiger partial charge on any atom is 0.281 e. The summed E-state index contributed by atoms with van der Waals surface area (Å²) in [4.78, 5) is 7.72. The van der Waals surface area contributed by atoms with E-state index in [2.05, 4.69) is 15.3 Å². The molecule has 1 aliphatic heterocycles. The molecule has 1 N–H and O–H groups in total. The van der Waals surface area contributed by atoms with Gasteiger partial charge in [-0.15, -0.1) is 0 Å². The van der Waals surface area contributed by atoms with E-state index in [1.165, 1.54) is 12.6 Å². The molecule has 0 amide bonds. The van der Waals surface area contributed by atoms with Crippen molar-refractivity contribution >= 4 is 0 Å². The molecule has 1 atom stereocenters. The zero-order chi connectivity index (χ0) is 10.7. The van der Waals surface area contributed by atoms with Crippen LogP contribution in [0.4, 0.5) is 8.78 Å². The number of nitrogens with zero attached hydrogens (tertiary/aromatic N) is 2. The first-order valence-electron chi connectivity index (χ1n) is 5.11. The third-order valence-corrected chi connectivity index (χ3v) is 2.58. The van der Waals surface area contributed by atoms with Gasteiger partial charge in [0.2, 0.25) is 0 Å². The van der Waals surface area contributed by atoms with Gasteiger partial charge in [-0.25, -0.2) is 8.78 Å². The summed E-state index contributed by atoms with van der Waals surface area (Å²) in [5.41, 5.74) is 0.508. The minimum atomic E-state index is -2.54. The molecule has 0 spiro atoms. The standard InChI is InChI=1S/C10H13F2N3/c11-10(12)9-6-14-8(5-15-9)7-3-1-2-4-13-7/h5-7,10,13H,1-4H2. The maximum atomic E-state index is 12.2. The van der Waals surface area contributed by atoms with Gasteiger partial charge >= 0.3 is 0 Å². The second kappa shape index (κ2) is 4.61. The van der Waals surface area contributed by atoms with Crippen LogP contribution in [0.25, 0.3) is 0 Å². The van der Waals surface area contributed by atoms with Crippen molar-refractivity contribution in [3.63, 3.8) is 0 Å². The maximum absolute atomic E-state index is 12.2. The molecule has 1 aromatic rings. The fraction of sp³-hybridized carbons (Fsp3) is 0.600. The topological polar surface area (TPSA) is 37.8 Å². The highest BCUT2D eigenvalue weighted by atomic mass is 19.3. The lowest BCUT2D eigenvalue weighted by Gasteiger charge is -2.22. The van der Waals surface area contributed by atoms with E-state index in [1.54, 1.807) is 0 Å². The lowest BCUT2D eigenvalue weighted by molar-refractivity contribution is 0.145. The Morgan fingerprint density at radius 3 is 2.67 bits per heavy atom. The summed E-state index contributed by atoms with van der Waals surface area (Å²) in [7, 11) is 0. The van der Waals surface area contributed by atoms with Gasteiger partial charge in [0.05, 0.1) is 24.1 Å². The van der Waals surface area contributed by atoms with E-state index >= 15 is 0 Å². The van der Waals surface area contributed by atoms with Gasteiger partial charge in [-0.1, -0.05) is 6.42 Å². The third kappa shape index (κ3) is 2.47. The first-order chi connectivity index (χ1) is 7.27. The van der Waals surface area contributed by atoms with E-state index in [4.69, 9.17) is 0 Å². The molecule has 3 nitrogen and oxygen atoms in total. The molecular weight excluding hydrogens is 200 g/mol. The van der Waals surface area contributed by atoms with Crippen molar-refractivity contribution < 1.29 is 8.78 Å². The van der Waals surface area contributed by atoms with Crippen LogP contribution in [-0.2, 0) is 0 Å². The first kappa shape index (κ1) is 10.4. The molecule has 1 fully saturated rings. The summed E-state index contributed by atoms with van der Waals surface area (Å²) >= 11 is 0. The Balaban J connectivity index is 2.08. The van der Waals surface area contributed by atoms with E-state index in [0.717, 1.165) is 31.3 Å². The van der Waals surface area contributed by atoms with Gasteiger partial charge in [0, 0.05) is 0 Å². The Kier molecular flexibility index (Phi) is 3.20. The number of alkyl halides is 2. The number of hydrogen-bond acceptors (Lipinski definition) is 3. The number of rotatable bonds is 2. The first-order valence-corrected chi connectivity index (χ1v) is 5.11. The molecule has 0 saturated carbocycles. The normalized spacial score (nSPS) is 21.9. The minimum absolute atomic E-state index is 0.179. The molecule has 1 unspecified atom stereocenters. The van der Waals surface area contributed by atoms with Gasteiger partial charge in [-0.3, -0.25) is 9.97 Å².